The van der Waals surface area contributed by atoms with E-state index in [1.54, 1.807) is 13.8 Å². The molecule has 0 bridgehead atoms. The molecule has 0 fully saturated rings. The first-order valence-corrected chi connectivity index (χ1v) is 12.4. The largest absolute Gasteiger partial charge is 0.341 e. The zero-order valence-corrected chi connectivity index (χ0v) is 21.4. The van der Waals surface area contributed by atoms with E-state index < -0.39 is 0 Å². The van der Waals surface area contributed by atoms with Crippen LogP contribution in [0.25, 0.3) is 21.8 Å². The fourth-order valence-corrected chi connectivity index (χ4v) is 4.44. The molecule has 4 rings (SSSR count). The van der Waals surface area contributed by atoms with E-state index in [-0.39, 0.29) is 17.7 Å². The molecule has 0 amide bonds. The van der Waals surface area contributed by atoms with Gasteiger partial charge in [-0.2, -0.15) is 0 Å². The molecule has 1 heterocycles. The third-order valence-electron chi connectivity index (χ3n) is 6.47. The minimum absolute atomic E-state index is 0.0115. The van der Waals surface area contributed by atoms with E-state index >= 15 is 0 Å². The van der Waals surface area contributed by atoms with Crippen molar-refractivity contribution in [3.8, 4) is 0 Å². The van der Waals surface area contributed by atoms with Gasteiger partial charge in [0.1, 0.15) is 0 Å². The van der Waals surface area contributed by atoms with Gasteiger partial charge in [0.25, 0.3) is 0 Å². The van der Waals surface area contributed by atoms with Gasteiger partial charge in [0.15, 0.2) is 5.78 Å². The molecule has 5 heteroatoms. The van der Waals surface area contributed by atoms with Crippen LogP contribution in [0.2, 0.25) is 0 Å². The number of ketones is 1. The minimum atomic E-state index is -0.367. The Morgan fingerprint density at radius 2 is 1.64 bits per heavy atom. The molecule has 0 spiro atoms. The summed E-state index contributed by atoms with van der Waals surface area (Å²) in [4.78, 5) is 30.6. The van der Waals surface area contributed by atoms with E-state index in [4.69, 9.17) is 4.84 Å². The summed E-state index contributed by atoms with van der Waals surface area (Å²) < 4.78 is 2.25. The second-order valence-electron chi connectivity index (χ2n) is 9.28. The topological polar surface area (TPSA) is 60.7 Å². The quantitative estimate of drug-likeness (QED) is 0.0835. The predicted molar refractivity (Wildman–Crippen MR) is 147 cm³/mol. The van der Waals surface area contributed by atoms with Gasteiger partial charge in [0.2, 0.25) is 0 Å². The van der Waals surface area contributed by atoms with Gasteiger partial charge in [0.05, 0.1) is 11.6 Å². The Kier molecular flexibility index (Phi) is 7.49. The number of carbonyl (C=O) groups is 2. The van der Waals surface area contributed by atoms with Crippen molar-refractivity contribution >= 4 is 39.3 Å². The highest BCUT2D eigenvalue weighted by Gasteiger charge is 2.17. The first-order chi connectivity index (χ1) is 17.3. The average Bonchev–Trinajstić information content (AvgIpc) is 3.20. The molecule has 1 aromatic heterocycles. The minimum Gasteiger partial charge on any atom is -0.341 e. The summed E-state index contributed by atoms with van der Waals surface area (Å²) in [5.41, 5.74) is 6.05. The van der Waals surface area contributed by atoms with E-state index in [1.807, 2.05) is 61.5 Å². The van der Waals surface area contributed by atoms with Crippen molar-refractivity contribution in [2.45, 2.75) is 47.1 Å². The molecule has 0 aliphatic heterocycles. The number of benzene rings is 3. The van der Waals surface area contributed by atoms with Gasteiger partial charge in [0, 0.05) is 45.0 Å². The Morgan fingerprint density at radius 1 is 1.00 bits per heavy atom. The summed E-state index contributed by atoms with van der Waals surface area (Å²) in [6.07, 6.45) is 3.14. The highest BCUT2D eigenvalue weighted by Crippen LogP contribution is 2.32. The summed E-state index contributed by atoms with van der Waals surface area (Å²) in [6, 6.07) is 19.8. The van der Waals surface area contributed by atoms with E-state index in [2.05, 4.69) is 35.4 Å². The maximum atomic E-state index is 13.3. The zero-order valence-electron chi connectivity index (χ0n) is 21.4. The van der Waals surface area contributed by atoms with Gasteiger partial charge < -0.3 is 9.40 Å². The lowest BCUT2D eigenvalue weighted by Crippen LogP contribution is -2.11. The van der Waals surface area contributed by atoms with Crippen LogP contribution in [0.3, 0.4) is 0 Å². The first kappa shape index (κ1) is 25.1. The fourth-order valence-electron chi connectivity index (χ4n) is 4.44. The molecular formula is C31H32N2O3. The zero-order chi connectivity index (χ0) is 25.8. The Balaban J connectivity index is 1.85. The number of carbonyl (C=O) groups excluding carboxylic acids is 2. The molecule has 4 aromatic rings. The van der Waals surface area contributed by atoms with Crippen molar-refractivity contribution in [2.75, 3.05) is 0 Å². The Labute approximate surface area is 212 Å². The van der Waals surface area contributed by atoms with Gasteiger partial charge in [-0.15, -0.1) is 6.58 Å². The number of oxime groups is 1. The number of nitrogens with zero attached hydrogens (tertiary/aromatic N) is 2. The van der Waals surface area contributed by atoms with E-state index in [0.717, 1.165) is 39.5 Å². The molecule has 0 N–H and O–H groups in total. The van der Waals surface area contributed by atoms with Crippen LogP contribution in [0.15, 0.2) is 78.5 Å². The molecule has 184 valence electrons. The second kappa shape index (κ2) is 10.7. The van der Waals surface area contributed by atoms with Crippen LogP contribution in [0.1, 0.15) is 60.7 Å². The Morgan fingerprint density at radius 3 is 2.25 bits per heavy atom. The normalized spacial score (nSPS) is 11.9. The Hall–Kier alpha value is -3.99. The average molecular weight is 481 g/mol. The molecular weight excluding hydrogens is 448 g/mol. The van der Waals surface area contributed by atoms with Gasteiger partial charge >= 0.3 is 5.97 Å². The summed E-state index contributed by atoms with van der Waals surface area (Å²) in [5, 5.41) is 6.26. The third kappa shape index (κ3) is 4.87. The molecule has 0 radical (unpaired) electrons. The molecule has 3 aromatic carbocycles. The molecule has 0 atom stereocenters. The van der Waals surface area contributed by atoms with Crippen LogP contribution in [-0.2, 0) is 16.2 Å². The number of fused-ring (bicyclic) bond motifs is 3. The monoisotopic (exact) mass is 480 g/mol. The first-order valence-electron chi connectivity index (χ1n) is 12.4. The molecule has 0 saturated heterocycles. The SMILES string of the molecule is C=CCCC(=NOC(=O)C(C)C)c1ccc2c(c1)c1cc(C(=O)c3ccccc3C)ccc1n2CC. The van der Waals surface area contributed by atoms with E-state index in [9.17, 15) is 9.59 Å². The molecule has 0 saturated carbocycles. The molecule has 5 nitrogen and oxygen atoms in total. The number of hydrogen-bond donors (Lipinski definition) is 0. The van der Waals surface area contributed by atoms with Gasteiger partial charge in [-0.25, -0.2) is 4.79 Å². The van der Waals surface area contributed by atoms with Crippen molar-refractivity contribution in [1.82, 2.24) is 4.57 Å². The van der Waals surface area contributed by atoms with Crippen LogP contribution in [0.4, 0.5) is 0 Å². The van der Waals surface area contributed by atoms with Crippen molar-refractivity contribution in [3.05, 3.63) is 95.6 Å². The second-order valence-corrected chi connectivity index (χ2v) is 9.28. The van der Waals surface area contributed by atoms with Crippen molar-refractivity contribution in [2.24, 2.45) is 11.1 Å². The van der Waals surface area contributed by atoms with Crippen LogP contribution in [0.5, 0.6) is 0 Å². The lowest BCUT2D eigenvalue weighted by molar-refractivity contribution is -0.147. The number of rotatable bonds is 9. The number of hydrogen-bond acceptors (Lipinski definition) is 4. The smallest absolute Gasteiger partial charge is 0.337 e. The van der Waals surface area contributed by atoms with E-state index in [0.29, 0.717) is 29.7 Å². The highest BCUT2D eigenvalue weighted by atomic mass is 16.7. The molecule has 0 unspecified atom stereocenters. The molecule has 0 aliphatic rings. The number of aryl methyl sites for hydroxylation is 2. The third-order valence-corrected chi connectivity index (χ3v) is 6.47. The van der Waals surface area contributed by atoms with Gasteiger partial charge in [-0.1, -0.05) is 55.4 Å². The maximum absolute atomic E-state index is 13.3. The fraction of sp³-hybridized carbons (Fsp3) is 0.258. The van der Waals surface area contributed by atoms with Crippen LogP contribution >= 0.6 is 0 Å². The van der Waals surface area contributed by atoms with Crippen molar-refractivity contribution in [3.63, 3.8) is 0 Å². The highest BCUT2D eigenvalue weighted by molar-refractivity contribution is 6.16. The summed E-state index contributed by atoms with van der Waals surface area (Å²) in [6.45, 7) is 12.2. The van der Waals surface area contributed by atoms with Gasteiger partial charge in [-0.05, 0) is 62.6 Å². The lowest BCUT2D eigenvalue weighted by atomic mass is 9.97. The summed E-state index contributed by atoms with van der Waals surface area (Å²) in [7, 11) is 0. The standard InChI is InChI=1S/C31H32N2O3/c1-6-8-13-27(32-36-31(35)20(3)4)22-14-16-28-25(18-22)26-19-23(15-17-29(26)33(28)7-2)30(34)24-12-10-9-11-21(24)5/h6,9-12,14-20H,1,7-8,13H2,2-5H3. The van der Waals surface area contributed by atoms with Gasteiger partial charge in [-0.3, -0.25) is 4.79 Å². The molecule has 0 aliphatic carbocycles. The maximum Gasteiger partial charge on any atom is 0.337 e. The van der Waals surface area contributed by atoms with Crippen LogP contribution in [0, 0.1) is 12.8 Å². The predicted octanol–water partition coefficient (Wildman–Crippen LogP) is 7.22. The summed E-state index contributed by atoms with van der Waals surface area (Å²) >= 11 is 0. The number of allylic oxidation sites excluding steroid dienone is 1. The van der Waals surface area contributed by atoms with Crippen LogP contribution in [-0.4, -0.2) is 22.0 Å². The number of aromatic nitrogens is 1. The Bertz CT molecular complexity index is 1490. The lowest BCUT2D eigenvalue weighted by Gasteiger charge is -2.08. The van der Waals surface area contributed by atoms with Crippen molar-refractivity contribution < 1.29 is 14.4 Å². The summed E-state index contributed by atoms with van der Waals surface area (Å²) in [5.74, 6) is -0.616. The van der Waals surface area contributed by atoms with E-state index in [1.165, 1.54) is 0 Å². The van der Waals surface area contributed by atoms with Crippen LogP contribution < -0.4 is 0 Å². The van der Waals surface area contributed by atoms with Crippen molar-refractivity contribution in [1.29, 1.82) is 0 Å². The molecule has 36 heavy (non-hydrogen) atoms.